The summed E-state index contributed by atoms with van der Waals surface area (Å²) < 4.78 is 19.2. The Balaban J connectivity index is 2.91. The molecular formula is C16H21ClFNO2S. The number of ether oxygens (including phenoxy) is 1. The molecule has 1 amide bonds. The molecule has 0 bridgehead atoms. The molecule has 1 N–H and O–H groups in total. The molecule has 0 aliphatic carbocycles. The lowest BCUT2D eigenvalue weighted by Gasteiger charge is -2.18. The van der Waals surface area contributed by atoms with Crippen LogP contribution < -0.4 is 5.32 Å². The summed E-state index contributed by atoms with van der Waals surface area (Å²) in [6.07, 6.45) is 0.589. The SMILES string of the molecule is CCOC(=S)Cc1cc(NC(=O)CC(C)(C)C)c(F)cc1Cl. The minimum absolute atomic E-state index is 0.105. The van der Waals surface area contributed by atoms with E-state index >= 15 is 0 Å². The van der Waals surface area contributed by atoms with Gasteiger partial charge in [-0.15, -0.1) is 0 Å². The minimum atomic E-state index is -0.571. The van der Waals surface area contributed by atoms with Crippen LogP contribution in [0.4, 0.5) is 10.1 Å². The molecule has 0 unspecified atom stereocenters. The number of anilines is 1. The lowest BCUT2D eigenvalue weighted by Crippen LogP contribution is -2.20. The van der Waals surface area contributed by atoms with E-state index in [-0.39, 0.29) is 22.0 Å². The van der Waals surface area contributed by atoms with Gasteiger partial charge in [0.15, 0.2) is 5.05 Å². The summed E-state index contributed by atoms with van der Waals surface area (Å²) >= 11 is 11.1. The van der Waals surface area contributed by atoms with Crippen LogP contribution in [0, 0.1) is 11.2 Å². The monoisotopic (exact) mass is 345 g/mol. The first-order valence-electron chi connectivity index (χ1n) is 7.06. The number of carbonyl (C=O) groups excluding carboxylic acids is 1. The lowest BCUT2D eigenvalue weighted by molar-refractivity contribution is -0.117. The third-order valence-corrected chi connectivity index (χ3v) is 3.36. The second-order valence-electron chi connectivity index (χ2n) is 6.19. The van der Waals surface area contributed by atoms with E-state index in [1.54, 1.807) is 0 Å². The summed E-state index contributed by atoms with van der Waals surface area (Å²) in [4.78, 5) is 11.9. The maximum Gasteiger partial charge on any atom is 0.224 e. The first-order valence-corrected chi connectivity index (χ1v) is 7.84. The van der Waals surface area contributed by atoms with E-state index in [1.165, 1.54) is 12.1 Å². The molecule has 1 rings (SSSR count). The van der Waals surface area contributed by atoms with Crippen molar-refractivity contribution in [3.63, 3.8) is 0 Å². The number of thiocarbonyl (C=S) groups is 1. The zero-order valence-corrected chi connectivity index (χ0v) is 14.8. The maximum atomic E-state index is 13.9. The molecule has 0 aliphatic rings. The quantitative estimate of drug-likeness (QED) is 0.782. The number of carbonyl (C=O) groups is 1. The van der Waals surface area contributed by atoms with E-state index < -0.39 is 5.82 Å². The highest BCUT2D eigenvalue weighted by Crippen LogP contribution is 2.26. The highest BCUT2D eigenvalue weighted by molar-refractivity contribution is 7.80. The molecule has 0 radical (unpaired) electrons. The van der Waals surface area contributed by atoms with Crippen molar-refractivity contribution in [3.8, 4) is 0 Å². The Morgan fingerprint density at radius 1 is 1.41 bits per heavy atom. The summed E-state index contributed by atoms with van der Waals surface area (Å²) in [5, 5.41) is 3.22. The molecule has 122 valence electrons. The van der Waals surface area contributed by atoms with Crippen molar-refractivity contribution in [1.82, 2.24) is 0 Å². The van der Waals surface area contributed by atoms with Crippen LogP contribution in [0.2, 0.25) is 5.02 Å². The summed E-state index contributed by atoms with van der Waals surface area (Å²) in [5.41, 5.74) is 0.548. The number of benzene rings is 1. The standard InChI is InChI=1S/C16H21ClFNO2S/c1-5-21-15(22)7-10-6-13(12(18)8-11(10)17)19-14(20)9-16(2,3)4/h6,8H,5,7,9H2,1-4H3,(H,19,20). The largest absolute Gasteiger partial charge is 0.487 e. The predicted octanol–water partition coefficient (Wildman–Crippen LogP) is 4.76. The molecule has 0 saturated heterocycles. The highest BCUT2D eigenvalue weighted by atomic mass is 35.5. The van der Waals surface area contributed by atoms with Crippen molar-refractivity contribution >= 4 is 40.5 Å². The van der Waals surface area contributed by atoms with Gasteiger partial charge in [0, 0.05) is 17.9 Å². The Morgan fingerprint density at radius 2 is 2.05 bits per heavy atom. The first-order chi connectivity index (χ1) is 10.1. The van der Waals surface area contributed by atoms with Crippen LogP contribution in [0.1, 0.15) is 39.7 Å². The Bertz CT molecular complexity index is 570. The second kappa shape index (κ2) is 7.88. The van der Waals surface area contributed by atoms with Gasteiger partial charge in [0.25, 0.3) is 0 Å². The van der Waals surface area contributed by atoms with Crippen molar-refractivity contribution < 1.29 is 13.9 Å². The normalized spacial score (nSPS) is 11.2. The summed E-state index contributed by atoms with van der Waals surface area (Å²) in [7, 11) is 0. The molecule has 22 heavy (non-hydrogen) atoms. The lowest BCUT2D eigenvalue weighted by atomic mass is 9.92. The topological polar surface area (TPSA) is 38.3 Å². The summed E-state index contributed by atoms with van der Waals surface area (Å²) in [5.74, 6) is -0.814. The van der Waals surface area contributed by atoms with Crippen molar-refractivity contribution in [2.45, 2.75) is 40.5 Å². The van der Waals surface area contributed by atoms with Crippen LogP contribution in [0.3, 0.4) is 0 Å². The number of rotatable bonds is 5. The number of nitrogens with one attached hydrogen (secondary N) is 1. The molecule has 1 aromatic carbocycles. The Morgan fingerprint density at radius 3 is 2.59 bits per heavy atom. The van der Waals surface area contributed by atoms with Crippen LogP contribution in [0.15, 0.2) is 12.1 Å². The van der Waals surface area contributed by atoms with Gasteiger partial charge in [0.05, 0.1) is 12.3 Å². The van der Waals surface area contributed by atoms with Crippen molar-refractivity contribution in [1.29, 1.82) is 0 Å². The minimum Gasteiger partial charge on any atom is -0.487 e. The Labute approximate surface area is 141 Å². The van der Waals surface area contributed by atoms with Gasteiger partial charge in [0.1, 0.15) is 5.82 Å². The van der Waals surface area contributed by atoms with E-state index in [4.69, 9.17) is 28.6 Å². The smallest absolute Gasteiger partial charge is 0.224 e. The maximum absolute atomic E-state index is 13.9. The van der Waals surface area contributed by atoms with Crippen LogP contribution in [0.5, 0.6) is 0 Å². The Hall–Kier alpha value is -1.20. The highest BCUT2D eigenvalue weighted by Gasteiger charge is 2.18. The van der Waals surface area contributed by atoms with Gasteiger partial charge in [-0.1, -0.05) is 32.4 Å². The van der Waals surface area contributed by atoms with Gasteiger partial charge in [-0.25, -0.2) is 4.39 Å². The van der Waals surface area contributed by atoms with Crippen molar-refractivity contribution in [2.24, 2.45) is 5.41 Å². The van der Waals surface area contributed by atoms with Crippen LogP contribution in [-0.2, 0) is 16.0 Å². The molecular weight excluding hydrogens is 325 g/mol. The van der Waals surface area contributed by atoms with E-state index in [2.05, 4.69) is 5.32 Å². The molecule has 0 aromatic heterocycles. The zero-order valence-electron chi connectivity index (χ0n) is 13.3. The fraction of sp³-hybridized carbons (Fsp3) is 0.500. The van der Waals surface area contributed by atoms with Crippen molar-refractivity contribution in [2.75, 3.05) is 11.9 Å². The van der Waals surface area contributed by atoms with E-state index in [0.29, 0.717) is 30.1 Å². The van der Waals surface area contributed by atoms with Crippen LogP contribution >= 0.6 is 23.8 Å². The summed E-state index contributed by atoms with van der Waals surface area (Å²) in [6, 6.07) is 2.68. The fourth-order valence-electron chi connectivity index (χ4n) is 1.87. The van der Waals surface area contributed by atoms with Gasteiger partial charge in [-0.3, -0.25) is 4.79 Å². The van der Waals surface area contributed by atoms with Crippen molar-refractivity contribution in [3.05, 3.63) is 28.5 Å². The third-order valence-electron chi connectivity index (χ3n) is 2.74. The Kier molecular flexibility index (Phi) is 6.75. The summed E-state index contributed by atoms with van der Waals surface area (Å²) in [6.45, 7) is 8.12. The van der Waals surface area contributed by atoms with Gasteiger partial charge < -0.3 is 10.1 Å². The van der Waals surface area contributed by atoms with Gasteiger partial charge in [0.2, 0.25) is 5.91 Å². The molecule has 0 spiro atoms. The van der Waals surface area contributed by atoms with Gasteiger partial charge in [-0.2, -0.15) is 0 Å². The fourth-order valence-corrected chi connectivity index (χ4v) is 2.36. The molecule has 0 heterocycles. The molecule has 3 nitrogen and oxygen atoms in total. The van der Waals surface area contributed by atoms with E-state index in [0.717, 1.165) is 0 Å². The number of hydrogen-bond acceptors (Lipinski definition) is 3. The molecule has 0 fully saturated rings. The average molecular weight is 346 g/mol. The molecule has 0 atom stereocenters. The predicted molar refractivity (Wildman–Crippen MR) is 92.0 cm³/mol. The average Bonchev–Trinajstić information content (AvgIpc) is 2.33. The van der Waals surface area contributed by atoms with E-state index in [9.17, 15) is 9.18 Å². The first kappa shape index (κ1) is 18.8. The second-order valence-corrected chi connectivity index (χ2v) is 7.05. The number of amides is 1. The van der Waals surface area contributed by atoms with Gasteiger partial charge >= 0.3 is 0 Å². The molecule has 6 heteroatoms. The van der Waals surface area contributed by atoms with Crippen LogP contribution in [0.25, 0.3) is 0 Å². The van der Waals surface area contributed by atoms with Crippen LogP contribution in [-0.4, -0.2) is 17.6 Å². The van der Waals surface area contributed by atoms with Gasteiger partial charge in [-0.05, 0) is 42.3 Å². The molecule has 0 aliphatic heterocycles. The third kappa shape index (κ3) is 6.28. The molecule has 1 aromatic rings. The number of hydrogen-bond donors (Lipinski definition) is 1. The zero-order chi connectivity index (χ0) is 16.9. The number of halogens is 2. The van der Waals surface area contributed by atoms with E-state index in [1.807, 2.05) is 27.7 Å². The molecule has 0 saturated carbocycles.